The minimum Gasteiger partial charge on any atom is -0.351 e. The summed E-state index contributed by atoms with van der Waals surface area (Å²) in [5.74, 6) is 2.66. The van der Waals surface area contributed by atoms with Crippen molar-refractivity contribution in [3.8, 4) is 0 Å². The predicted molar refractivity (Wildman–Crippen MR) is 78.0 cm³/mol. The molecule has 1 N–H and O–H groups in total. The van der Waals surface area contributed by atoms with Crippen LogP contribution in [-0.2, 0) is 0 Å². The van der Waals surface area contributed by atoms with E-state index < -0.39 is 0 Å². The van der Waals surface area contributed by atoms with Crippen molar-refractivity contribution in [2.24, 2.45) is 17.8 Å². The number of fused-ring (bicyclic) bond motifs is 2. The average Bonchev–Trinajstić information content (AvgIpc) is 3.03. The third-order valence-electron chi connectivity index (χ3n) is 4.49. The largest absolute Gasteiger partial charge is 0.351 e. The van der Waals surface area contributed by atoms with Gasteiger partial charge in [0.2, 0.25) is 0 Å². The van der Waals surface area contributed by atoms with Gasteiger partial charge in [0, 0.05) is 6.54 Å². The van der Waals surface area contributed by atoms with Gasteiger partial charge in [0.15, 0.2) is 0 Å². The molecule has 2 nitrogen and oxygen atoms in total. The Morgan fingerprint density at radius 3 is 2.89 bits per heavy atom. The van der Waals surface area contributed by atoms with Gasteiger partial charge in [-0.15, -0.1) is 11.3 Å². The van der Waals surface area contributed by atoms with E-state index in [1.807, 2.05) is 13.0 Å². The van der Waals surface area contributed by atoms with Crippen LogP contribution in [0.15, 0.2) is 9.85 Å². The third-order valence-corrected chi connectivity index (χ3v) is 6.63. The van der Waals surface area contributed by atoms with E-state index in [0.717, 1.165) is 38.5 Å². The molecule has 2 aliphatic carbocycles. The molecule has 4 heteroatoms. The molecule has 3 unspecified atom stereocenters. The van der Waals surface area contributed by atoms with Crippen LogP contribution in [0.5, 0.6) is 0 Å². The minimum absolute atomic E-state index is 0.0940. The molecule has 1 aromatic heterocycles. The van der Waals surface area contributed by atoms with Gasteiger partial charge in [-0.1, -0.05) is 6.42 Å². The predicted octanol–water partition coefficient (Wildman–Crippen LogP) is 3.99. The van der Waals surface area contributed by atoms with E-state index in [1.54, 1.807) is 0 Å². The topological polar surface area (TPSA) is 29.1 Å². The lowest BCUT2D eigenvalue weighted by Gasteiger charge is -2.21. The van der Waals surface area contributed by atoms with E-state index in [2.05, 4.69) is 21.2 Å². The first-order valence-corrected chi connectivity index (χ1v) is 8.28. The van der Waals surface area contributed by atoms with Crippen molar-refractivity contribution in [3.05, 3.63) is 20.3 Å². The van der Waals surface area contributed by atoms with Gasteiger partial charge in [-0.2, -0.15) is 0 Å². The van der Waals surface area contributed by atoms with Crippen LogP contribution >= 0.6 is 27.3 Å². The Morgan fingerprint density at radius 1 is 1.50 bits per heavy atom. The van der Waals surface area contributed by atoms with Crippen LogP contribution in [0, 0.1) is 24.7 Å². The van der Waals surface area contributed by atoms with Crippen LogP contribution in [0.2, 0.25) is 0 Å². The number of rotatable bonds is 3. The SMILES string of the molecule is Cc1cc(C(=O)NCC2CC3CCC2C3)sc1Br. The number of carbonyl (C=O) groups excluding carboxylic acids is 1. The Morgan fingerprint density at radius 2 is 2.33 bits per heavy atom. The molecule has 1 aromatic rings. The summed E-state index contributed by atoms with van der Waals surface area (Å²) in [7, 11) is 0. The van der Waals surface area contributed by atoms with E-state index in [9.17, 15) is 4.79 Å². The fraction of sp³-hybridized carbons (Fsp3) is 0.643. The Hall–Kier alpha value is -0.350. The highest BCUT2D eigenvalue weighted by atomic mass is 79.9. The summed E-state index contributed by atoms with van der Waals surface area (Å²) < 4.78 is 1.06. The van der Waals surface area contributed by atoms with E-state index in [0.29, 0.717) is 0 Å². The molecule has 1 amide bonds. The van der Waals surface area contributed by atoms with Crippen molar-refractivity contribution in [1.29, 1.82) is 0 Å². The molecule has 1 heterocycles. The van der Waals surface area contributed by atoms with Gasteiger partial charge >= 0.3 is 0 Å². The number of thiophene rings is 1. The van der Waals surface area contributed by atoms with Crippen LogP contribution in [0.25, 0.3) is 0 Å². The standard InChI is InChI=1S/C14H18BrNOS/c1-8-4-12(18-13(8)15)14(17)16-7-11-6-9-2-3-10(11)5-9/h4,9-11H,2-3,5-7H2,1H3,(H,16,17). The van der Waals surface area contributed by atoms with E-state index in [1.165, 1.54) is 37.0 Å². The first-order chi connectivity index (χ1) is 8.63. The second-order valence-corrected chi connectivity index (χ2v) is 8.08. The molecule has 2 fully saturated rings. The smallest absolute Gasteiger partial charge is 0.261 e. The summed E-state index contributed by atoms with van der Waals surface area (Å²) in [5.41, 5.74) is 1.14. The molecule has 0 aromatic carbocycles. The number of carbonyl (C=O) groups is 1. The van der Waals surface area contributed by atoms with E-state index >= 15 is 0 Å². The molecule has 0 radical (unpaired) electrons. The average molecular weight is 328 g/mol. The highest BCUT2D eigenvalue weighted by Crippen LogP contribution is 2.47. The lowest BCUT2D eigenvalue weighted by atomic mass is 9.89. The Bertz CT molecular complexity index is 451. The van der Waals surface area contributed by atoms with Gasteiger partial charge in [-0.05, 0) is 71.5 Å². The number of aryl methyl sites for hydroxylation is 1. The molecule has 98 valence electrons. The summed E-state index contributed by atoms with van der Waals surface area (Å²) in [4.78, 5) is 12.9. The van der Waals surface area contributed by atoms with Crippen molar-refractivity contribution >= 4 is 33.2 Å². The van der Waals surface area contributed by atoms with E-state index in [4.69, 9.17) is 0 Å². The van der Waals surface area contributed by atoms with Crippen molar-refractivity contribution in [2.45, 2.75) is 32.6 Å². The summed E-state index contributed by atoms with van der Waals surface area (Å²) in [6.07, 6.45) is 5.54. The zero-order valence-electron chi connectivity index (χ0n) is 10.5. The second kappa shape index (κ2) is 4.97. The van der Waals surface area contributed by atoms with Crippen LogP contribution in [-0.4, -0.2) is 12.5 Å². The Kier molecular flexibility index (Phi) is 3.50. The lowest BCUT2D eigenvalue weighted by molar-refractivity contribution is 0.0946. The second-order valence-electron chi connectivity index (χ2n) is 5.71. The number of nitrogens with one attached hydrogen (secondary N) is 1. The fourth-order valence-corrected chi connectivity index (χ4v) is 4.96. The zero-order chi connectivity index (χ0) is 12.7. The summed E-state index contributed by atoms with van der Waals surface area (Å²) in [6, 6.07) is 1.96. The molecule has 2 aliphatic rings. The Labute approximate surface area is 120 Å². The van der Waals surface area contributed by atoms with Gasteiger partial charge < -0.3 is 5.32 Å². The molecule has 0 aliphatic heterocycles. The van der Waals surface area contributed by atoms with Gasteiger partial charge in [0.1, 0.15) is 0 Å². The first-order valence-electron chi connectivity index (χ1n) is 6.67. The maximum atomic E-state index is 12.1. The highest BCUT2D eigenvalue weighted by molar-refractivity contribution is 9.11. The third kappa shape index (κ3) is 2.37. The summed E-state index contributed by atoms with van der Waals surface area (Å²) >= 11 is 4.99. The van der Waals surface area contributed by atoms with Crippen LogP contribution < -0.4 is 5.32 Å². The minimum atomic E-state index is 0.0940. The molecule has 2 bridgehead atoms. The molecule has 2 saturated carbocycles. The number of hydrogen-bond donors (Lipinski definition) is 1. The number of amides is 1. The number of hydrogen-bond acceptors (Lipinski definition) is 2. The maximum Gasteiger partial charge on any atom is 0.261 e. The van der Waals surface area contributed by atoms with Crippen LogP contribution in [0.3, 0.4) is 0 Å². The molecular weight excluding hydrogens is 310 g/mol. The highest BCUT2D eigenvalue weighted by Gasteiger charge is 2.39. The summed E-state index contributed by atoms with van der Waals surface area (Å²) in [6.45, 7) is 2.89. The Balaban J connectivity index is 1.55. The van der Waals surface area contributed by atoms with Gasteiger partial charge in [0.05, 0.1) is 8.66 Å². The normalized spacial score (nSPS) is 29.8. The first kappa shape index (κ1) is 12.7. The molecular formula is C14H18BrNOS. The van der Waals surface area contributed by atoms with Crippen molar-refractivity contribution < 1.29 is 4.79 Å². The van der Waals surface area contributed by atoms with Crippen LogP contribution in [0.4, 0.5) is 0 Å². The van der Waals surface area contributed by atoms with Crippen molar-refractivity contribution in [3.63, 3.8) is 0 Å². The van der Waals surface area contributed by atoms with E-state index in [-0.39, 0.29) is 5.91 Å². The molecule has 3 atom stereocenters. The van der Waals surface area contributed by atoms with Gasteiger partial charge in [-0.3, -0.25) is 4.79 Å². The lowest BCUT2D eigenvalue weighted by Crippen LogP contribution is -2.31. The molecule has 0 spiro atoms. The van der Waals surface area contributed by atoms with Gasteiger partial charge in [-0.25, -0.2) is 0 Å². The molecule has 0 saturated heterocycles. The monoisotopic (exact) mass is 327 g/mol. The molecule has 3 rings (SSSR count). The zero-order valence-corrected chi connectivity index (χ0v) is 12.9. The van der Waals surface area contributed by atoms with Crippen molar-refractivity contribution in [1.82, 2.24) is 5.32 Å². The fourth-order valence-electron chi connectivity index (χ4n) is 3.51. The van der Waals surface area contributed by atoms with Crippen molar-refractivity contribution in [2.75, 3.05) is 6.54 Å². The summed E-state index contributed by atoms with van der Waals surface area (Å²) in [5, 5.41) is 3.12. The van der Waals surface area contributed by atoms with Gasteiger partial charge in [0.25, 0.3) is 5.91 Å². The molecule has 18 heavy (non-hydrogen) atoms. The van der Waals surface area contributed by atoms with Crippen LogP contribution in [0.1, 0.15) is 40.9 Å². The maximum absolute atomic E-state index is 12.1. The quantitative estimate of drug-likeness (QED) is 0.893. The number of halogens is 1.